The molecule has 0 saturated carbocycles. The second kappa shape index (κ2) is 5.17. The zero-order valence-corrected chi connectivity index (χ0v) is 12.1. The Hall–Kier alpha value is -2.01. The van der Waals surface area contributed by atoms with Crippen LogP contribution >= 0.6 is 11.3 Å². The zero-order valence-electron chi connectivity index (χ0n) is 11.3. The summed E-state index contributed by atoms with van der Waals surface area (Å²) in [6.45, 7) is 4.77. The zero-order chi connectivity index (χ0) is 14.1. The summed E-state index contributed by atoms with van der Waals surface area (Å²) < 4.78 is 13.4. The van der Waals surface area contributed by atoms with Crippen LogP contribution in [0.5, 0.6) is 0 Å². The minimum absolute atomic E-state index is 0.278. The van der Waals surface area contributed by atoms with E-state index in [2.05, 4.69) is 22.2 Å². The predicted molar refractivity (Wildman–Crippen MR) is 81.7 cm³/mol. The van der Waals surface area contributed by atoms with Crippen molar-refractivity contribution in [2.75, 3.05) is 11.9 Å². The van der Waals surface area contributed by atoms with Crippen molar-refractivity contribution in [1.29, 1.82) is 0 Å². The third-order valence-electron chi connectivity index (χ3n) is 2.96. The summed E-state index contributed by atoms with van der Waals surface area (Å²) in [5, 5.41) is 3.89. The molecule has 3 nitrogen and oxygen atoms in total. The van der Waals surface area contributed by atoms with Crippen LogP contribution in [0.2, 0.25) is 0 Å². The Morgan fingerprint density at radius 3 is 2.75 bits per heavy atom. The molecule has 0 fully saturated rings. The number of hydrogen-bond donors (Lipinski definition) is 1. The molecule has 0 bridgehead atoms. The number of nitrogens with zero attached hydrogens (tertiary/aromatic N) is 2. The summed E-state index contributed by atoms with van der Waals surface area (Å²) in [6.07, 6.45) is 0. The van der Waals surface area contributed by atoms with Gasteiger partial charge in [-0.3, -0.25) is 0 Å². The summed E-state index contributed by atoms with van der Waals surface area (Å²) in [6, 6.07) is 8.65. The van der Waals surface area contributed by atoms with E-state index < -0.39 is 0 Å². The smallest absolute Gasteiger partial charge is 0.172 e. The first-order chi connectivity index (χ1) is 9.67. The number of nitrogens with one attached hydrogen (secondary N) is 1. The number of fused-ring (bicyclic) bond motifs is 1. The highest BCUT2D eigenvalue weighted by molar-refractivity contribution is 7.15. The van der Waals surface area contributed by atoms with Crippen molar-refractivity contribution >= 4 is 28.1 Å². The van der Waals surface area contributed by atoms with E-state index in [1.807, 2.05) is 19.1 Å². The van der Waals surface area contributed by atoms with E-state index in [-0.39, 0.29) is 5.82 Å². The highest BCUT2D eigenvalue weighted by Crippen LogP contribution is 2.29. The van der Waals surface area contributed by atoms with E-state index in [0.29, 0.717) is 17.0 Å². The van der Waals surface area contributed by atoms with Gasteiger partial charge in [0.15, 0.2) is 5.82 Å². The summed E-state index contributed by atoms with van der Waals surface area (Å²) in [7, 11) is 0. The average molecular weight is 287 g/mol. The fourth-order valence-electron chi connectivity index (χ4n) is 2.07. The van der Waals surface area contributed by atoms with Gasteiger partial charge in [0.1, 0.15) is 11.6 Å². The summed E-state index contributed by atoms with van der Waals surface area (Å²) in [5.41, 5.74) is 0.749. The topological polar surface area (TPSA) is 37.8 Å². The van der Waals surface area contributed by atoms with E-state index in [1.165, 1.54) is 17.0 Å². The van der Waals surface area contributed by atoms with Gasteiger partial charge in [-0.05, 0) is 44.2 Å². The lowest BCUT2D eigenvalue weighted by atomic mass is 10.2. The van der Waals surface area contributed by atoms with Crippen LogP contribution in [0.15, 0.2) is 30.3 Å². The maximum atomic E-state index is 13.4. The Labute approximate surface area is 120 Å². The molecule has 5 heteroatoms. The van der Waals surface area contributed by atoms with Gasteiger partial charge >= 0.3 is 0 Å². The molecule has 0 aliphatic rings. The van der Waals surface area contributed by atoms with Crippen molar-refractivity contribution < 1.29 is 4.39 Å². The van der Waals surface area contributed by atoms with Crippen LogP contribution < -0.4 is 5.32 Å². The fraction of sp³-hybridized carbons (Fsp3) is 0.200. The Morgan fingerprint density at radius 2 is 2.05 bits per heavy atom. The molecule has 2 aromatic heterocycles. The van der Waals surface area contributed by atoms with Gasteiger partial charge in [-0.2, -0.15) is 0 Å². The van der Waals surface area contributed by atoms with Crippen molar-refractivity contribution in [3.05, 3.63) is 41.0 Å². The lowest BCUT2D eigenvalue weighted by Gasteiger charge is -2.08. The molecule has 0 spiro atoms. The van der Waals surface area contributed by atoms with Gasteiger partial charge in [0.2, 0.25) is 0 Å². The molecule has 0 saturated heterocycles. The third-order valence-corrected chi connectivity index (χ3v) is 3.96. The van der Waals surface area contributed by atoms with Crippen LogP contribution in [-0.4, -0.2) is 16.5 Å². The van der Waals surface area contributed by atoms with Gasteiger partial charge in [-0.15, -0.1) is 11.3 Å². The van der Waals surface area contributed by atoms with Gasteiger partial charge in [-0.1, -0.05) is 0 Å². The lowest BCUT2D eigenvalue weighted by molar-refractivity contribution is 0.629. The number of benzene rings is 1. The largest absolute Gasteiger partial charge is 0.370 e. The molecule has 102 valence electrons. The lowest BCUT2D eigenvalue weighted by Crippen LogP contribution is -2.02. The molecule has 0 aliphatic carbocycles. The Kier molecular flexibility index (Phi) is 3.36. The SMILES string of the molecule is CCNc1nc(-c2ccc(C)s2)nc2ccc(F)cc12. The van der Waals surface area contributed by atoms with Crippen molar-refractivity contribution in [3.8, 4) is 10.7 Å². The van der Waals surface area contributed by atoms with Crippen LogP contribution in [0.3, 0.4) is 0 Å². The van der Waals surface area contributed by atoms with Crippen LogP contribution in [0.1, 0.15) is 11.8 Å². The quantitative estimate of drug-likeness (QED) is 0.783. The number of aryl methyl sites for hydroxylation is 1. The third kappa shape index (κ3) is 2.36. The van der Waals surface area contributed by atoms with E-state index in [4.69, 9.17) is 0 Å². The molecular formula is C15H14FN3S. The Morgan fingerprint density at radius 1 is 1.20 bits per heavy atom. The number of halogens is 1. The van der Waals surface area contributed by atoms with E-state index in [0.717, 1.165) is 16.9 Å². The van der Waals surface area contributed by atoms with E-state index >= 15 is 0 Å². The number of aromatic nitrogens is 2. The Balaban J connectivity index is 2.22. The van der Waals surface area contributed by atoms with Crippen molar-refractivity contribution in [1.82, 2.24) is 9.97 Å². The minimum Gasteiger partial charge on any atom is -0.370 e. The second-order valence-electron chi connectivity index (χ2n) is 4.50. The summed E-state index contributed by atoms with van der Waals surface area (Å²) >= 11 is 1.65. The first-order valence-corrected chi connectivity index (χ1v) is 7.27. The van der Waals surface area contributed by atoms with Gasteiger partial charge in [-0.25, -0.2) is 14.4 Å². The van der Waals surface area contributed by atoms with Gasteiger partial charge < -0.3 is 5.32 Å². The maximum Gasteiger partial charge on any atom is 0.172 e. The van der Waals surface area contributed by atoms with Crippen LogP contribution in [0.25, 0.3) is 21.6 Å². The predicted octanol–water partition coefficient (Wildman–Crippen LogP) is 4.24. The molecular weight excluding hydrogens is 273 g/mol. The first kappa shape index (κ1) is 13.0. The van der Waals surface area contributed by atoms with Crippen molar-refractivity contribution in [3.63, 3.8) is 0 Å². The van der Waals surface area contributed by atoms with Crippen LogP contribution in [0.4, 0.5) is 10.2 Å². The van der Waals surface area contributed by atoms with Gasteiger partial charge in [0.25, 0.3) is 0 Å². The molecule has 0 radical (unpaired) electrons. The summed E-state index contributed by atoms with van der Waals surface area (Å²) in [4.78, 5) is 11.3. The van der Waals surface area contributed by atoms with Crippen LogP contribution in [-0.2, 0) is 0 Å². The standard InChI is InChI=1S/C15H14FN3S/c1-3-17-14-11-8-10(16)5-6-12(11)18-15(19-14)13-7-4-9(2)20-13/h4-8H,3H2,1-2H3,(H,17,18,19). The molecule has 0 unspecified atom stereocenters. The molecule has 1 aromatic carbocycles. The number of thiophene rings is 1. The van der Waals surface area contributed by atoms with Crippen molar-refractivity contribution in [2.45, 2.75) is 13.8 Å². The second-order valence-corrected chi connectivity index (χ2v) is 5.79. The molecule has 2 heterocycles. The minimum atomic E-state index is -0.278. The molecule has 0 amide bonds. The average Bonchev–Trinajstić information content (AvgIpc) is 2.86. The van der Waals surface area contributed by atoms with Gasteiger partial charge in [0.05, 0.1) is 10.4 Å². The molecule has 3 aromatic rings. The van der Waals surface area contributed by atoms with Gasteiger partial charge in [0, 0.05) is 16.8 Å². The van der Waals surface area contributed by atoms with E-state index in [1.54, 1.807) is 17.4 Å². The molecule has 3 rings (SSSR count). The molecule has 1 N–H and O–H groups in total. The molecule has 0 atom stereocenters. The number of hydrogen-bond acceptors (Lipinski definition) is 4. The van der Waals surface area contributed by atoms with Crippen molar-refractivity contribution in [2.24, 2.45) is 0 Å². The normalized spacial score (nSPS) is 10.9. The fourth-order valence-corrected chi connectivity index (χ4v) is 2.87. The Bertz CT molecular complexity index is 767. The monoisotopic (exact) mass is 287 g/mol. The first-order valence-electron chi connectivity index (χ1n) is 6.45. The number of anilines is 1. The van der Waals surface area contributed by atoms with Crippen LogP contribution in [0, 0.1) is 12.7 Å². The van der Waals surface area contributed by atoms with E-state index in [9.17, 15) is 4.39 Å². The summed E-state index contributed by atoms with van der Waals surface area (Å²) in [5.74, 6) is 1.08. The maximum absolute atomic E-state index is 13.4. The number of rotatable bonds is 3. The highest BCUT2D eigenvalue weighted by atomic mass is 32.1. The molecule has 20 heavy (non-hydrogen) atoms. The highest BCUT2D eigenvalue weighted by Gasteiger charge is 2.11. The molecule has 0 aliphatic heterocycles.